The van der Waals surface area contributed by atoms with Crippen molar-refractivity contribution in [2.45, 2.75) is 11.7 Å². The monoisotopic (exact) mass is 396 g/mol. The summed E-state index contributed by atoms with van der Waals surface area (Å²) in [6.07, 6.45) is 0.447. The third-order valence-electron chi connectivity index (χ3n) is 3.48. The van der Waals surface area contributed by atoms with Crippen LogP contribution in [-0.2, 0) is 24.6 Å². The molecule has 124 valence electrons. The summed E-state index contributed by atoms with van der Waals surface area (Å²) in [5, 5.41) is 0. The standard InChI is InChI=1S/C14H11Cl2FO4S2/c1-23(18,19)20-7-14(8-2-4-9(17)5-3-8)12(21-14)10-6-11(15)22-13(10)16/h2-6,12H,7H2,1H3/t12-,14+/m0/s1. The summed E-state index contributed by atoms with van der Waals surface area (Å²) in [4.78, 5) is 0. The molecular formula is C14H11Cl2FO4S2. The molecule has 2 heterocycles. The number of hydrogen-bond acceptors (Lipinski definition) is 5. The summed E-state index contributed by atoms with van der Waals surface area (Å²) in [6.45, 7) is -0.230. The molecule has 2 aromatic rings. The highest BCUT2D eigenvalue weighted by Gasteiger charge is 2.60. The molecule has 0 radical (unpaired) electrons. The quantitative estimate of drug-likeness (QED) is 0.562. The second-order valence-electron chi connectivity index (χ2n) is 5.14. The second kappa shape index (κ2) is 5.98. The van der Waals surface area contributed by atoms with Crippen LogP contribution in [0.5, 0.6) is 0 Å². The summed E-state index contributed by atoms with van der Waals surface area (Å²) < 4.78 is 47.4. The first-order chi connectivity index (χ1) is 10.7. The molecule has 1 aliphatic heterocycles. The van der Waals surface area contributed by atoms with Crippen molar-refractivity contribution in [1.29, 1.82) is 0 Å². The molecule has 2 atom stereocenters. The molecule has 0 amide bonds. The number of benzene rings is 1. The van der Waals surface area contributed by atoms with Gasteiger partial charge in [-0.2, -0.15) is 8.42 Å². The first kappa shape index (κ1) is 17.1. The molecule has 0 N–H and O–H groups in total. The number of epoxide rings is 1. The molecule has 0 unspecified atom stereocenters. The molecule has 1 fully saturated rings. The Morgan fingerprint density at radius 3 is 2.52 bits per heavy atom. The van der Waals surface area contributed by atoms with Crippen molar-refractivity contribution in [1.82, 2.24) is 0 Å². The minimum Gasteiger partial charge on any atom is -0.353 e. The van der Waals surface area contributed by atoms with E-state index in [4.69, 9.17) is 32.1 Å². The number of rotatable bonds is 5. The van der Waals surface area contributed by atoms with Gasteiger partial charge >= 0.3 is 0 Å². The molecule has 9 heteroatoms. The van der Waals surface area contributed by atoms with Gasteiger partial charge in [0.2, 0.25) is 0 Å². The molecule has 0 aliphatic carbocycles. The van der Waals surface area contributed by atoms with Gasteiger partial charge in [0.25, 0.3) is 10.1 Å². The average Bonchev–Trinajstić information content (AvgIpc) is 3.09. The van der Waals surface area contributed by atoms with E-state index in [9.17, 15) is 12.8 Å². The van der Waals surface area contributed by atoms with Crippen molar-refractivity contribution in [3.8, 4) is 0 Å². The maximum absolute atomic E-state index is 13.2. The van der Waals surface area contributed by atoms with Crippen LogP contribution in [0.25, 0.3) is 0 Å². The maximum atomic E-state index is 13.2. The summed E-state index contributed by atoms with van der Waals surface area (Å²) in [6, 6.07) is 7.29. The highest BCUT2D eigenvalue weighted by molar-refractivity contribution is 7.85. The third kappa shape index (κ3) is 3.55. The van der Waals surface area contributed by atoms with Gasteiger partial charge in [-0.25, -0.2) is 4.39 Å². The lowest BCUT2D eigenvalue weighted by Gasteiger charge is -2.13. The predicted octanol–water partition coefficient (Wildman–Crippen LogP) is 4.14. The van der Waals surface area contributed by atoms with Crippen LogP contribution >= 0.6 is 34.5 Å². The highest BCUT2D eigenvalue weighted by Crippen LogP contribution is 2.59. The zero-order valence-electron chi connectivity index (χ0n) is 11.8. The molecule has 3 rings (SSSR count). The Bertz CT molecular complexity index is 835. The van der Waals surface area contributed by atoms with Crippen molar-refractivity contribution >= 4 is 44.7 Å². The number of ether oxygens (including phenoxy) is 1. The SMILES string of the molecule is CS(=O)(=O)OC[C@]1(c2ccc(F)cc2)O[C@H]1c1cc(Cl)sc1Cl. The Morgan fingerprint density at radius 2 is 2.00 bits per heavy atom. The minimum atomic E-state index is -3.65. The molecule has 1 saturated heterocycles. The first-order valence-electron chi connectivity index (χ1n) is 6.44. The van der Waals surface area contributed by atoms with Gasteiger partial charge in [0.05, 0.1) is 10.6 Å². The van der Waals surface area contributed by atoms with Crippen molar-refractivity contribution in [3.63, 3.8) is 0 Å². The van der Waals surface area contributed by atoms with Crippen molar-refractivity contribution < 1.29 is 21.7 Å². The summed E-state index contributed by atoms with van der Waals surface area (Å²) in [5.41, 5.74) is 0.221. The average molecular weight is 397 g/mol. The normalized spacial score (nSPS) is 23.9. The van der Waals surface area contributed by atoms with Gasteiger partial charge in [-0.3, -0.25) is 4.18 Å². The lowest BCUT2D eigenvalue weighted by atomic mass is 9.93. The predicted molar refractivity (Wildman–Crippen MR) is 87.0 cm³/mol. The number of thiophene rings is 1. The second-order valence-corrected chi connectivity index (χ2v) is 9.07. The molecule has 0 saturated carbocycles. The van der Waals surface area contributed by atoms with E-state index in [1.165, 1.54) is 35.6 Å². The van der Waals surface area contributed by atoms with Crippen molar-refractivity contribution in [2.75, 3.05) is 12.9 Å². The fourth-order valence-electron chi connectivity index (χ4n) is 2.36. The van der Waals surface area contributed by atoms with E-state index in [-0.39, 0.29) is 6.61 Å². The molecule has 4 nitrogen and oxygen atoms in total. The van der Waals surface area contributed by atoms with Crippen LogP contribution < -0.4 is 0 Å². The molecule has 0 bridgehead atoms. The van der Waals surface area contributed by atoms with Gasteiger partial charge in [-0.1, -0.05) is 35.3 Å². The van der Waals surface area contributed by atoms with Crippen molar-refractivity contribution in [2.24, 2.45) is 0 Å². The summed E-state index contributed by atoms with van der Waals surface area (Å²) in [5.74, 6) is -0.401. The summed E-state index contributed by atoms with van der Waals surface area (Å²) in [7, 11) is -3.65. The third-order valence-corrected chi connectivity index (χ3v) is 5.54. The fourth-order valence-corrected chi connectivity index (χ4v) is 4.26. The van der Waals surface area contributed by atoms with Crippen LogP contribution in [0.2, 0.25) is 8.67 Å². The van der Waals surface area contributed by atoms with Crippen LogP contribution in [0.3, 0.4) is 0 Å². The lowest BCUT2D eigenvalue weighted by Crippen LogP contribution is -2.21. The topological polar surface area (TPSA) is 55.9 Å². The smallest absolute Gasteiger partial charge is 0.264 e. The van der Waals surface area contributed by atoms with Gasteiger partial charge in [0.15, 0.2) is 0 Å². The van der Waals surface area contributed by atoms with Crippen molar-refractivity contribution in [3.05, 3.63) is 55.9 Å². The largest absolute Gasteiger partial charge is 0.353 e. The maximum Gasteiger partial charge on any atom is 0.264 e. The first-order valence-corrected chi connectivity index (χ1v) is 9.83. The van der Waals surface area contributed by atoms with E-state index in [0.717, 1.165) is 6.26 Å². The van der Waals surface area contributed by atoms with Gasteiger partial charge in [0, 0.05) is 5.56 Å². The Labute approximate surface area is 146 Å². The van der Waals surface area contributed by atoms with E-state index in [1.807, 2.05) is 0 Å². The van der Waals surface area contributed by atoms with Crippen LogP contribution in [0.15, 0.2) is 30.3 Å². The van der Waals surface area contributed by atoms with E-state index in [1.54, 1.807) is 6.07 Å². The van der Waals surface area contributed by atoms with Gasteiger partial charge in [-0.15, -0.1) is 11.3 Å². The van der Waals surface area contributed by atoms with Crippen LogP contribution in [0.1, 0.15) is 17.2 Å². The van der Waals surface area contributed by atoms with Gasteiger partial charge < -0.3 is 4.74 Å². The minimum absolute atomic E-state index is 0.230. The van der Waals surface area contributed by atoms with Crippen LogP contribution in [0.4, 0.5) is 4.39 Å². The molecule has 1 aromatic carbocycles. The van der Waals surface area contributed by atoms with E-state index in [2.05, 4.69) is 0 Å². The van der Waals surface area contributed by atoms with Crippen LogP contribution in [-0.4, -0.2) is 21.3 Å². The molecule has 0 spiro atoms. The molecule has 23 heavy (non-hydrogen) atoms. The molecule has 1 aliphatic rings. The van der Waals surface area contributed by atoms with Gasteiger partial charge in [-0.05, 0) is 23.8 Å². The summed E-state index contributed by atoms with van der Waals surface area (Å²) >= 11 is 13.3. The van der Waals surface area contributed by atoms with E-state index in [0.29, 0.717) is 19.8 Å². The lowest BCUT2D eigenvalue weighted by molar-refractivity contribution is 0.194. The number of hydrogen-bond donors (Lipinski definition) is 0. The molecule has 1 aromatic heterocycles. The fraction of sp³-hybridized carbons (Fsp3) is 0.286. The Morgan fingerprint density at radius 1 is 1.35 bits per heavy atom. The van der Waals surface area contributed by atoms with Gasteiger partial charge in [0.1, 0.15) is 28.5 Å². The molecular weight excluding hydrogens is 386 g/mol. The van der Waals surface area contributed by atoms with E-state index >= 15 is 0 Å². The zero-order chi connectivity index (χ0) is 16.8. The Hall–Kier alpha value is -0.700. The zero-order valence-corrected chi connectivity index (χ0v) is 14.9. The Kier molecular flexibility index (Phi) is 4.46. The highest BCUT2D eigenvalue weighted by atomic mass is 35.5. The Balaban J connectivity index is 1.96. The van der Waals surface area contributed by atoms with E-state index < -0.39 is 27.6 Å². The number of halogens is 3. The van der Waals surface area contributed by atoms with Crippen LogP contribution in [0, 0.1) is 5.82 Å².